The number of carbonyl (C=O) groups excluding carboxylic acids is 1. The Kier molecular flexibility index (Phi) is 6.22. The molecule has 0 saturated carbocycles. The Morgan fingerprint density at radius 3 is 2.57 bits per heavy atom. The maximum absolute atomic E-state index is 12.1. The fourth-order valence-corrected chi connectivity index (χ4v) is 3.79. The van der Waals surface area contributed by atoms with E-state index in [9.17, 15) is 13.2 Å². The van der Waals surface area contributed by atoms with Gasteiger partial charge in [0.25, 0.3) is 15.0 Å². The number of amides is 1. The quantitative estimate of drug-likeness (QED) is 0.748. The minimum atomic E-state index is -3.92. The third-order valence-electron chi connectivity index (χ3n) is 2.67. The zero-order valence-electron chi connectivity index (χ0n) is 11.9. The normalized spacial score (nSPS) is 12.2. The maximum atomic E-state index is 12.1. The second-order valence-corrected chi connectivity index (χ2v) is 8.35. The summed E-state index contributed by atoms with van der Waals surface area (Å²) in [7, 11) is 1.40. The molecule has 0 saturated heterocycles. The van der Waals surface area contributed by atoms with E-state index >= 15 is 0 Å². The lowest BCUT2D eigenvalue weighted by Gasteiger charge is -2.24. The zero-order valence-corrected chi connectivity index (χ0v) is 15.1. The van der Waals surface area contributed by atoms with Crippen molar-refractivity contribution in [3.05, 3.63) is 28.2 Å². The van der Waals surface area contributed by atoms with Crippen LogP contribution in [0.2, 0.25) is 0 Å². The van der Waals surface area contributed by atoms with Gasteiger partial charge in [-0.05, 0) is 54.9 Å². The van der Waals surface area contributed by atoms with Crippen molar-refractivity contribution in [2.75, 3.05) is 13.2 Å². The van der Waals surface area contributed by atoms with Crippen LogP contribution >= 0.6 is 26.6 Å². The molecular formula is C13H17BrClNO4S. The number of carbonyl (C=O) groups is 1. The topological polar surface area (TPSA) is 72.5 Å². The Bertz CT molecular complexity index is 631. The van der Waals surface area contributed by atoms with Crippen molar-refractivity contribution in [3.63, 3.8) is 0 Å². The Labute approximate surface area is 137 Å². The van der Waals surface area contributed by atoms with Gasteiger partial charge in [-0.15, -0.1) is 0 Å². The lowest BCUT2D eigenvalue weighted by Crippen LogP contribution is -2.40. The first-order chi connectivity index (χ1) is 9.57. The van der Waals surface area contributed by atoms with Crippen molar-refractivity contribution in [2.45, 2.75) is 31.3 Å². The molecule has 21 heavy (non-hydrogen) atoms. The summed E-state index contributed by atoms with van der Waals surface area (Å²) in [6.45, 7) is 6.42. The van der Waals surface area contributed by atoms with Crippen LogP contribution in [0.1, 0.15) is 31.1 Å². The van der Waals surface area contributed by atoms with Crippen molar-refractivity contribution in [2.24, 2.45) is 0 Å². The van der Waals surface area contributed by atoms with Gasteiger partial charge in [-0.25, -0.2) is 8.42 Å². The minimum absolute atomic E-state index is 0.138. The first kappa shape index (κ1) is 18.4. The number of hydrogen-bond acceptors (Lipinski definition) is 4. The molecule has 0 heterocycles. The Morgan fingerprint density at radius 1 is 1.43 bits per heavy atom. The molecule has 1 amide bonds. The van der Waals surface area contributed by atoms with Crippen LogP contribution in [0, 0.1) is 0 Å². The molecule has 8 heteroatoms. The molecule has 1 aromatic rings. The smallest absolute Gasteiger partial charge is 0.262 e. The molecule has 1 N–H and O–H groups in total. The van der Waals surface area contributed by atoms with Crippen LogP contribution in [0.4, 0.5) is 0 Å². The van der Waals surface area contributed by atoms with E-state index in [-0.39, 0.29) is 10.5 Å². The van der Waals surface area contributed by atoms with E-state index in [0.717, 1.165) is 0 Å². The van der Waals surface area contributed by atoms with Crippen molar-refractivity contribution in [1.29, 1.82) is 0 Å². The van der Waals surface area contributed by atoms with Gasteiger partial charge < -0.3 is 10.1 Å². The number of benzene rings is 1. The van der Waals surface area contributed by atoms with Crippen LogP contribution in [0.15, 0.2) is 27.6 Å². The summed E-state index contributed by atoms with van der Waals surface area (Å²) < 4.78 is 28.6. The molecule has 0 bridgehead atoms. The zero-order chi connectivity index (χ0) is 16.3. The molecule has 0 fully saturated rings. The molecule has 0 aliphatic rings. The molecule has 118 valence electrons. The maximum Gasteiger partial charge on any atom is 0.262 e. The van der Waals surface area contributed by atoms with Crippen LogP contribution in [-0.4, -0.2) is 33.1 Å². The largest absolute Gasteiger partial charge is 0.374 e. The van der Waals surface area contributed by atoms with E-state index in [1.807, 2.05) is 20.8 Å². The number of halogens is 2. The van der Waals surface area contributed by atoms with Gasteiger partial charge in [0.15, 0.2) is 0 Å². The molecular weight excluding hydrogens is 382 g/mol. The SMILES string of the molecule is CCOC(C)(C)CNC(=O)c1ccc(Br)c(S(=O)(=O)Cl)c1. The fourth-order valence-electron chi connectivity index (χ4n) is 1.67. The highest BCUT2D eigenvalue weighted by atomic mass is 79.9. The summed E-state index contributed by atoms with van der Waals surface area (Å²) >= 11 is 3.09. The predicted octanol–water partition coefficient (Wildman–Crippen LogP) is 2.92. The molecule has 0 spiro atoms. The van der Waals surface area contributed by atoms with Gasteiger partial charge in [0.2, 0.25) is 0 Å². The predicted molar refractivity (Wildman–Crippen MR) is 85.2 cm³/mol. The van der Waals surface area contributed by atoms with Crippen LogP contribution in [-0.2, 0) is 13.8 Å². The Balaban J connectivity index is 2.90. The number of hydrogen-bond donors (Lipinski definition) is 1. The van der Waals surface area contributed by atoms with Crippen LogP contribution in [0.25, 0.3) is 0 Å². The Morgan fingerprint density at radius 2 is 2.05 bits per heavy atom. The second kappa shape index (κ2) is 7.09. The number of nitrogens with one attached hydrogen (secondary N) is 1. The van der Waals surface area contributed by atoms with Gasteiger partial charge >= 0.3 is 0 Å². The van der Waals surface area contributed by atoms with Crippen molar-refractivity contribution < 1.29 is 17.9 Å². The lowest BCUT2D eigenvalue weighted by molar-refractivity contribution is -0.00815. The summed E-state index contributed by atoms with van der Waals surface area (Å²) in [6.07, 6.45) is 0. The van der Waals surface area contributed by atoms with E-state index in [4.69, 9.17) is 15.4 Å². The third-order valence-corrected chi connectivity index (χ3v) is 4.98. The fraction of sp³-hybridized carbons (Fsp3) is 0.462. The Hall–Kier alpha value is -0.630. The average molecular weight is 399 g/mol. The van der Waals surface area contributed by atoms with Crippen LogP contribution in [0.5, 0.6) is 0 Å². The van der Waals surface area contributed by atoms with E-state index in [1.165, 1.54) is 18.2 Å². The van der Waals surface area contributed by atoms with Crippen LogP contribution in [0.3, 0.4) is 0 Å². The standard InChI is InChI=1S/C13H17BrClNO4S/c1-4-20-13(2,3)8-16-12(17)9-5-6-10(14)11(7-9)21(15,18)19/h5-7H,4,8H2,1-3H3,(H,16,17). The molecule has 1 aromatic carbocycles. The van der Waals surface area contributed by atoms with Gasteiger partial charge in [0, 0.05) is 33.9 Å². The molecule has 0 aliphatic heterocycles. The first-order valence-corrected chi connectivity index (χ1v) is 9.33. The summed E-state index contributed by atoms with van der Waals surface area (Å²) in [5, 5.41) is 2.71. The summed E-state index contributed by atoms with van der Waals surface area (Å²) in [4.78, 5) is 11.9. The summed E-state index contributed by atoms with van der Waals surface area (Å²) in [5.74, 6) is -0.392. The lowest BCUT2D eigenvalue weighted by atomic mass is 10.1. The van der Waals surface area contributed by atoms with Crippen molar-refractivity contribution >= 4 is 41.6 Å². The van der Waals surface area contributed by atoms with E-state index in [1.54, 1.807) is 0 Å². The molecule has 5 nitrogen and oxygen atoms in total. The molecule has 1 rings (SSSR count). The summed E-state index contributed by atoms with van der Waals surface area (Å²) in [6, 6.07) is 4.21. The third kappa shape index (κ3) is 5.58. The molecule has 0 atom stereocenters. The highest BCUT2D eigenvalue weighted by Gasteiger charge is 2.21. The average Bonchev–Trinajstić information content (AvgIpc) is 2.35. The van der Waals surface area contributed by atoms with E-state index < -0.39 is 20.6 Å². The highest BCUT2D eigenvalue weighted by molar-refractivity contribution is 9.10. The second-order valence-electron chi connectivity index (χ2n) is 4.96. The minimum Gasteiger partial charge on any atom is -0.374 e. The molecule has 0 radical (unpaired) electrons. The summed E-state index contributed by atoms with van der Waals surface area (Å²) in [5.41, 5.74) is -0.286. The van der Waals surface area contributed by atoms with Gasteiger partial charge in [-0.1, -0.05) is 0 Å². The number of ether oxygens (including phenoxy) is 1. The van der Waals surface area contributed by atoms with Crippen molar-refractivity contribution in [3.8, 4) is 0 Å². The van der Waals surface area contributed by atoms with Gasteiger partial charge in [0.1, 0.15) is 0 Å². The molecule has 0 aliphatic carbocycles. The monoisotopic (exact) mass is 397 g/mol. The van der Waals surface area contributed by atoms with Gasteiger partial charge in [-0.3, -0.25) is 4.79 Å². The van der Waals surface area contributed by atoms with E-state index in [2.05, 4.69) is 21.2 Å². The number of rotatable bonds is 6. The van der Waals surface area contributed by atoms with E-state index in [0.29, 0.717) is 17.6 Å². The molecule has 0 aromatic heterocycles. The van der Waals surface area contributed by atoms with Crippen molar-refractivity contribution in [1.82, 2.24) is 5.32 Å². The van der Waals surface area contributed by atoms with Gasteiger partial charge in [-0.2, -0.15) is 0 Å². The first-order valence-electron chi connectivity index (χ1n) is 6.23. The molecule has 0 unspecified atom stereocenters. The van der Waals surface area contributed by atoms with Gasteiger partial charge in [0.05, 0.1) is 10.5 Å². The highest BCUT2D eigenvalue weighted by Crippen LogP contribution is 2.26. The van der Waals surface area contributed by atoms with Crippen LogP contribution < -0.4 is 5.32 Å².